The Morgan fingerprint density at radius 1 is 1.05 bits per heavy atom. The largest absolute Gasteiger partial charge is 0.386 e. The summed E-state index contributed by atoms with van der Waals surface area (Å²) in [6.45, 7) is 10.7. The predicted octanol–water partition coefficient (Wildman–Crippen LogP) is 3.99. The van der Waals surface area contributed by atoms with Crippen molar-refractivity contribution in [3.63, 3.8) is 0 Å². The van der Waals surface area contributed by atoms with Crippen LogP contribution in [0, 0.1) is 13.8 Å². The Hall–Kier alpha value is -0.860. The van der Waals surface area contributed by atoms with Crippen LogP contribution in [0.1, 0.15) is 62.3 Å². The number of benzene rings is 1. The summed E-state index contributed by atoms with van der Waals surface area (Å²) in [5.74, 6) is 0. The van der Waals surface area contributed by atoms with Crippen LogP contribution in [0.4, 0.5) is 0 Å². The van der Waals surface area contributed by atoms with E-state index in [1.807, 2.05) is 0 Å². The Bertz CT molecular complexity index is 424. The molecule has 1 saturated carbocycles. The summed E-state index contributed by atoms with van der Waals surface area (Å²) in [6, 6.07) is 6.48. The molecule has 1 unspecified atom stereocenters. The molecule has 2 nitrogen and oxygen atoms in total. The number of aliphatic hydroxyl groups is 1. The maximum atomic E-state index is 11.1. The lowest BCUT2D eigenvalue weighted by atomic mass is 9.83. The molecular formula is C18H29NO. The summed E-state index contributed by atoms with van der Waals surface area (Å²) in [4.78, 5) is 2.47. The lowest BCUT2D eigenvalue weighted by molar-refractivity contribution is -0.0269. The standard InChI is InChI=1S/C18H29NO/c1-5-19(6-2)18(9-7-8-10-18)17(20)16-12-14(3)11-15(4)13-16/h11-13,17,20H,5-10H2,1-4H3. The second kappa shape index (κ2) is 6.28. The molecule has 0 aromatic heterocycles. The fourth-order valence-electron chi connectivity index (χ4n) is 4.08. The fourth-order valence-corrected chi connectivity index (χ4v) is 4.08. The number of nitrogens with zero attached hydrogens (tertiary/aromatic N) is 1. The molecule has 1 fully saturated rings. The SMILES string of the molecule is CCN(CC)C1(C(O)c2cc(C)cc(C)c2)CCCC1. The quantitative estimate of drug-likeness (QED) is 0.878. The van der Waals surface area contributed by atoms with Crippen molar-refractivity contribution in [2.45, 2.75) is 65.0 Å². The van der Waals surface area contributed by atoms with Gasteiger partial charge in [-0.1, -0.05) is 56.0 Å². The summed E-state index contributed by atoms with van der Waals surface area (Å²) >= 11 is 0. The molecule has 0 amide bonds. The maximum absolute atomic E-state index is 11.1. The van der Waals surface area contributed by atoms with E-state index in [-0.39, 0.29) is 11.6 Å². The van der Waals surface area contributed by atoms with Crippen LogP contribution in [0.25, 0.3) is 0 Å². The van der Waals surface area contributed by atoms with E-state index in [9.17, 15) is 5.11 Å². The van der Waals surface area contributed by atoms with Gasteiger partial charge in [-0.3, -0.25) is 4.90 Å². The molecule has 0 saturated heterocycles. The van der Waals surface area contributed by atoms with Gasteiger partial charge in [-0.15, -0.1) is 0 Å². The average molecular weight is 275 g/mol. The van der Waals surface area contributed by atoms with E-state index in [0.29, 0.717) is 0 Å². The highest BCUT2D eigenvalue weighted by molar-refractivity contribution is 5.32. The van der Waals surface area contributed by atoms with Crippen LogP contribution in [0.3, 0.4) is 0 Å². The van der Waals surface area contributed by atoms with Crippen molar-refractivity contribution >= 4 is 0 Å². The normalized spacial score (nSPS) is 19.5. The van der Waals surface area contributed by atoms with Crippen LogP contribution < -0.4 is 0 Å². The number of rotatable bonds is 5. The molecule has 112 valence electrons. The Morgan fingerprint density at radius 3 is 2.00 bits per heavy atom. The third-order valence-electron chi connectivity index (χ3n) is 4.93. The molecule has 1 aliphatic rings. The minimum absolute atomic E-state index is 0.0519. The molecule has 0 bridgehead atoms. The Kier molecular flexibility index (Phi) is 4.87. The third kappa shape index (κ3) is 2.77. The minimum atomic E-state index is -0.372. The molecular weight excluding hydrogens is 246 g/mol. The first-order chi connectivity index (χ1) is 9.53. The van der Waals surface area contributed by atoms with Gasteiger partial charge >= 0.3 is 0 Å². The highest BCUT2D eigenvalue weighted by Gasteiger charge is 2.44. The van der Waals surface area contributed by atoms with Crippen molar-refractivity contribution in [2.75, 3.05) is 13.1 Å². The van der Waals surface area contributed by atoms with Crippen molar-refractivity contribution in [3.05, 3.63) is 34.9 Å². The van der Waals surface area contributed by atoms with Gasteiger partial charge in [0.25, 0.3) is 0 Å². The first-order valence-corrected chi connectivity index (χ1v) is 8.04. The first kappa shape index (κ1) is 15.5. The molecule has 20 heavy (non-hydrogen) atoms. The Labute approximate surface area is 123 Å². The van der Waals surface area contributed by atoms with Crippen LogP contribution in [-0.4, -0.2) is 28.6 Å². The van der Waals surface area contributed by atoms with Gasteiger partial charge in [0.15, 0.2) is 0 Å². The molecule has 0 aliphatic heterocycles. The van der Waals surface area contributed by atoms with E-state index >= 15 is 0 Å². The van der Waals surface area contributed by atoms with Gasteiger partial charge in [-0.05, 0) is 45.3 Å². The van der Waals surface area contributed by atoms with E-state index in [2.05, 4.69) is 50.8 Å². The van der Waals surface area contributed by atoms with Gasteiger partial charge in [0, 0.05) is 0 Å². The summed E-state index contributed by atoms with van der Waals surface area (Å²) in [5, 5.41) is 11.1. The van der Waals surface area contributed by atoms with E-state index in [1.165, 1.54) is 24.0 Å². The van der Waals surface area contributed by atoms with Gasteiger partial charge in [-0.2, -0.15) is 0 Å². The molecule has 2 rings (SSSR count). The zero-order valence-corrected chi connectivity index (χ0v) is 13.4. The summed E-state index contributed by atoms with van der Waals surface area (Å²) < 4.78 is 0. The highest BCUT2D eigenvalue weighted by Crippen LogP contribution is 2.44. The molecule has 1 N–H and O–H groups in total. The summed E-state index contributed by atoms with van der Waals surface area (Å²) in [5.41, 5.74) is 3.53. The van der Waals surface area contributed by atoms with Crippen molar-refractivity contribution in [1.82, 2.24) is 4.90 Å². The van der Waals surface area contributed by atoms with Gasteiger partial charge in [0.05, 0.1) is 11.6 Å². The molecule has 0 radical (unpaired) electrons. The second-order valence-corrected chi connectivity index (χ2v) is 6.31. The van der Waals surface area contributed by atoms with E-state index in [0.717, 1.165) is 31.5 Å². The third-order valence-corrected chi connectivity index (χ3v) is 4.93. The van der Waals surface area contributed by atoms with E-state index < -0.39 is 0 Å². The zero-order chi connectivity index (χ0) is 14.8. The first-order valence-electron chi connectivity index (χ1n) is 8.04. The lowest BCUT2D eigenvalue weighted by Crippen LogP contribution is -2.51. The maximum Gasteiger partial charge on any atom is 0.0973 e. The number of hydrogen-bond acceptors (Lipinski definition) is 2. The van der Waals surface area contributed by atoms with E-state index in [1.54, 1.807) is 0 Å². The molecule has 1 aliphatic carbocycles. The van der Waals surface area contributed by atoms with Crippen LogP contribution >= 0.6 is 0 Å². The Morgan fingerprint density at radius 2 is 1.55 bits per heavy atom. The number of aryl methyl sites for hydroxylation is 2. The lowest BCUT2D eigenvalue weighted by Gasteiger charge is -2.44. The molecule has 1 aromatic carbocycles. The average Bonchev–Trinajstić information content (AvgIpc) is 2.89. The monoisotopic (exact) mass is 275 g/mol. The summed E-state index contributed by atoms with van der Waals surface area (Å²) in [7, 11) is 0. The number of likely N-dealkylation sites (N-methyl/N-ethyl adjacent to an activating group) is 1. The van der Waals surface area contributed by atoms with Crippen LogP contribution in [0.2, 0.25) is 0 Å². The predicted molar refractivity (Wildman–Crippen MR) is 85.0 cm³/mol. The highest BCUT2D eigenvalue weighted by atomic mass is 16.3. The van der Waals surface area contributed by atoms with Gasteiger partial charge in [0.1, 0.15) is 0 Å². The molecule has 1 atom stereocenters. The number of aliphatic hydroxyl groups excluding tert-OH is 1. The smallest absolute Gasteiger partial charge is 0.0973 e. The van der Waals surface area contributed by atoms with Gasteiger partial charge in [-0.25, -0.2) is 0 Å². The van der Waals surface area contributed by atoms with Gasteiger partial charge in [0.2, 0.25) is 0 Å². The topological polar surface area (TPSA) is 23.5 Å². The van der Waals surface area contributed by atoms with Crippen molar-refractivity contribution < 1.29 is 5.11 Å². The summed E-state index contributed by atoms with van der Waals surface area (Å²) in [6.07, 6.45) is 4.33. The van der Waals surface area contributed by atoms with Crippen LogP contribution in [-0.2, 0) is 0 Å². The Balaban J connectivity index is 2.38. The molecule has 0 heterocycles. The second-order valence-electron chi connectivity index (χ2n) is 6.31. The van der Waals surface area contributed by atoms with Crippen molar-refractivity contribution in [2.24, 2.45) is 0 Å². The van der Waals surface area contributed by atoms with Crippen molar-refractivity contribution in [1.29, 1.82) is 0 Å². The fraction of sp³-hybridized carbons (Fsp3) is 0.667. The zero-order valence-electron chi connectivity index (χ0n) is 13.4. The minimum Gasteiger partial charge on any atom is -0.386 e. The van der Waals surface area contributed by atoms with E-state index in [4.69, 9.17) is 0 Å². The van der Waals surface area contributed by atoms with Gasteiger partial charge < -0.3 is 5.11 Å². The van der Waals surface area contributed by atoms with Crippen LogP contribution in [0.5, 0.6) is 0 Å². The molecule has 1 aromatic rings. The van der Waals surface area contributed by atoms with Crippen molar-refractivity contribution in [3.8, 4) is 0 Å². The van der Waals surface area contributed by atoms with Crippen LogP contribution in [0.15, 0.2) is 18.2 Å². The number of hydrogen-bond donors (Lipinski definition) is 1. The molecule has 0 spiro atoms. The molecule has 2 heteroatoms.